The van der Waals surface area contributed by atoms with Gasteiger partial charge in [-0.3, -0.25) is 0 Å². The maximum Gasteiger partial charge on any atom is 0.0546 e. The van der Waals surface area contributed by atoms with Gasteiger partial charge in [-0.1, -0.05) is 24.3 Å². The first-order chi connectivity index (χ1) is 6.18. The van der Waals surface area contributed by atoms with Crippen molar-refractivity contribution < 1.29 is 5.11 Å². The van der Waals surface area contributed by atoms with Gasteiger partial charge in [0.25, 0.3) is 0 Å². The molecule has 0 fully saturated rings. The number of rotatable bonds is 3. The number of aliphatic hydroxyl groups is 1. The van der Waals surface area contributed by atoms with Gasteiger partial charge in [0.05, 0.1) is 6.10 Å². The minimum absolute atomic E-state index is 0.280. The standard InChI is InChI=1S/C11H15NO/c1-9(13)4-2-5-10-6-3-7-11(12)8-10/h2-3,5-9,13H,4,12H2,1H3/b5-2+/t9-/m0/s1. The van der Waals surface area contributed by atoms with E-state index in [1.807, 2.05) is 36.4 Å². The molecule has 0 saturated heterocycles. The van der Waals surface area contributed by atoms with Crippen molar-refractivity contribution in [3.63, 3.8) is 0 Å². The molecule has 1 aromatic carbocycles. The van der Waals surface area contributed by atoms with Gasteiger partial charge in [-0.05, 0) is 31.0 Å². The third kappa shape index (κ3) is 3.76. The van der Waals surface area contributed by atoms with E-state index in [2.05, 4.69) is 0 Å². The van der Waals surface area contributed by atoms with Gasteiger partial charge in [-0.25, -0.2) is 0 Å². The molecule has 3 N–H and O–H groups in total. The number of benzene rings is 1. The molecular weight excluding hydrogens is 162 g/mol. The van der Waals surface area contributed by atoms with Crippen LogP contribution >= 0.6 is 0 Å². The molecular formula is C11H15NO. The zero-order valence-electron chi connectivity index (χ0n) is 7.77. The summed E-state index contributed by atoms with van der Waals surface area (Å²) in [6.07, 6.45) is 4.30. The van der Waals surface area contributed by atoms with Crippen LogP contribution in [0.1, 0.15) is 18.9 Å². The second kappa shape index (κ2) is 4.67. The molecule has 0 bridgehead atoms. The van der Waals surface area contributed by atoms with Crippen LogP contribution in [0.5, 0.6) is 0 Å². The molecule has 0 aliphatic rings. The van der Waals surface area contributed by atoms with E-state index in [0.717, 1.165) is 11.3 Å². The Kier molecular flexibility index (Phi) is 3.53. The zero-order valence-corrected chi connectivity index (χ0v) is 7.77. The molecule has 0 unspecified atom stereocenters. The molecule has 0 amide bonds. The lowest BCUT2D eigenvalue weighted by Gasteiger charge is -1.97. The van der Waals surface area contributed by atoms with E-state index in [0.29, 0.717) is 6.42 Å². The first kappa shape index (κ1) is 9.81. The van der Waals surface area contributed by atoms with Crippen LogP contribution in [-0.4, -0.2) is 11.2 Å². The number of nitrogens with two attached hydrogens (primary N) is 1. The van der Waals surface area contributed by atoms with Gasteiger partial charge in [0.2, 0.25) is 0 Å². The highest BCUT2D eigenvalue weighted by Crippen LogP contribution is 2.08. The fourth-order valence-electron chi connectivity index (χ4n) is 1.06. The average Bonchev–Trinajstić information content (AvgIpc) is 2.03. The maximum absolute atomic E-state index is 9.01. The predicted octanol–water partition coefficient (Wildman–Crippen LogP) is 2.05. The third-order valence-corrected chi connectivity index (χ3v) is 1.70. The Morgan fingerprint density at radius 3 is 2.92 bits per heavy atom. The Balaban J connectivity index is 2.58. The Labute approximate surface area is 78.7 Å². The highest BCUT2D eigenvalue weighted by Gasteiger charge is 1.90. The van der Waals surface area contributed by atoms with Gasteiger partial charge < -0.3 is 10.8 Å². The van der Waals surface area contributed by atoms with Crippen molar-refractivity contribution in [1.82, 2.24) is 0 Å². The molecule has 1 aromatic rings. The fourth-order valence-corrected chi connectivity index (χ4v) is 1.06. The van der Waals surface area contributed by atoms with Gasteiger partial charge in [-0.15, -0.1) is 0 Å². The Morgan fingerprint density at radius 2 is 2.31 bits per heavy atom. The summed E-state index contributed by atoms with van der Waals surface area (Å²) in [6, 6.07) is 7.65. The zero-order chi connectivity index (χ0) is 9.68. The summed E-state index contributed by atoms with van der Waals surface area (Å²) in [4.78, 5) is 0. The van der Waals surface area contributed by atoms with Crippen LogP contribution in [0.2, 0.25) is 0 Å². The van der Waals surface area contributed by atoms with Gasteiger partial charge in [0, 0.05) is 5.69 Å². The highest BCUT2D eigenvalue weighted by atomic mass is 16.3. The number of anilines is 1. The Hall–Kier alpha value is -1.28. The van der Waals surface area contributed by atoms with E-state index < -0.39 is 0 Å². The molecule has 0 aliphatic heterocycles. The van der Waals surface area contributed by atoms with Gasteiger partial charge in [0.15, 0.2) is 0 Å². The molecule has 1 rings (SSSR count). The van der Waals surface area contributed by atoms with E-state index in [4.69, 9.17) is 10.8 Å². The molecule has 1 atom stereocenters. The molecule has 0 radical (unpaired) electrons. The van der Waals surface area contributed by atoms with Crippen LogP contribution in [0.4, 0.5) is 5.69 Å². The summed E-state index contributed by atoms with van der Waals surface area (Å²) in [7, 11) is 0. The summed E-state index contributed by atoms with van der Waals surface area (Å²) in [5, 5.41) is 9.01. The largest absolute Gasteiger partial charge is 0.399 e. The smallest absolute Gasteiger partial charge is 0.0546 e. The predicted molar refractivity (Wildman–Crippen MR) is 56.2 cm³/mol. The minimum atomic E-state index is -0.280. The Bertz CT molecular complexity index is 292. The third-order valence-electron chi connectivity index (χ3n) is 1.70. The van der Waals surface area contributed by atoms with Crippen molar-refractivity contribution in [1.29, 1.82) is 0 Å². The maximum atomic E-state index is 9.01. The lowest BCUT2D eigenvalue weighted by molar-refractivity contribution is 0.199. The van der Waals surface area contributed by atoms with E-state index in [-0.39, 0.29) is 6.10 Å². The van der Waals surface area contributed by atoms with Crippen molar-refractivity contribution in [3.05, 3.63) is 35.9 Å². The molecule has 0 saturated carbocycles. The van der Waals surface area contributed by atoms with Crippen molar-refractivity contribution in [2.75, 3.05) is 5.73 Å². The number of hydrogen-bond acceptors (Lipinski definition) is 2. The van der Waals surface area contributed by atoms with Crippen LogP contribution in [-0.2, 0) is 0 Å². The first-order valence-corrected chi connectivity index (χ1v) is 4.38. The Morgan fingerprint density at radius 1 is 1.54 bits per heavy atom. The lowest BCUT2D eigenvalue weighted by atomic mass is 10.1. The minimum Gasteiger partial charge on any atom is -0.399 e. The topological polar surface area (TPSA) is 46.2 Å². The first-order valence-electron chi connectivity index (χ1n) is 4.38. The van der Waals surface area contributed by atoms with Crippen LogP contribution in [0.3, 0.4) is 0 Å². The lowest BCUT2D eigenvalue weighted by Crippen LogP contribution is -1.95. The highest BCUT2D eigenvalue weighted by molar-refractivity contribution is 5.55. The summed E-state index contributed by atoms with van der Waals surface area (Å²) < 4.78 is 0. The van der Waals surface area contributed by atoms with Gasteiger partial charge in [-0.2, -0.15) is 0 Å². The summed E-state index contributed by atoms with van der Waals surface area (Å²) in [5.74, 6) is 0. The molecule has 0 aliphatic carbocycles. The second-order valence-corrected chi connectivity index (χ2v) is 3.16. The summed E-state index contributed by atoms with van der Waals surface area (Å²) >= 11 is 0. The number of aliphatic hydroxyl groups excluding tert-OH is 1. The van der Waals surface area contributed by atoms with Crippen LogP contribution in [0.25, 0.3) is 6.08 Å². The van der Waals surface area contributed by atoms with Gasteiger partial charge >= 0.3 is 0 Å². The van der Waals surface area contributed by atoms with Crippen molar-refractivity contribution in [3.8, 4) is 0 Å². The van der Waals surface area contributed by atoms with Crippen LogP contribution < -0.4 is 5.73 Å². The molecule has 0 spiro atoms. The molecule has 13 heavy (non-hydrogen) atoms. The molecule has 0 heterocycles. The molecule has 0 aromatic heterocycles. The van der Waals surface area contributed by atoms with Gasteiger partial charge in [0.1, 0.15) is 0 Å². The van der Waals surface area contributed by atoms with E-state index >= 15 is 0 Å². The molecule has 2 nitrogen and oxygen atoms in total. The van der Waals surface area contributed by atoms with Crippen molar-refractivity contribution in [2.45, 2.75) is 19.4 Å². The quantitative estimate of drug-likeness (QED) is 0.694. The number of nitrogen functional groups attached to an aromatic ring is 1. The summed E-state index contributed by atoms with van der Waals surface area (Å²) in [6.45, 7) is 1.77. The SMILES string of the molecule is C[C@H](O)C/C=C/c1cccc(N)c1. The summed E-state index contributed by atoms with van der Waals surface area (Å²) in [5.41, 5.74) is 7.44. The van der Waals surface area contributed by atoms with Crippen molar-refractivity contribution in [2.24, 2.45) is 0 Å². The van der Waals surface area contributed by atoms with Crippen LogP contribution in [0, 0.1) is 0 Å². The van der Waals surface area contributed by atoms with E-state index in [1.165, 1.54) is 0 Å². The van der Waals surface area contributed by atoms with Crippen molar-refractivity contribution >= 4 is 11.8 Å². The fraction of sp³-hybridized carbons (Fsp3) is 0.273. The molecule has 2 heteroatoms. The monoisotopic (exact) mass is 177 g/mol. The molecule has 70 valence electrons. The normalized spacial score (nSPS) is 13.4. The average molecular weight is 177 g/mol. The number of hydrogen-bond donors (Lipinski definition) is 2. The second-order valence-electron chi connectivity index (χ2n) is 3.16. The van der Waals surface area contributed by atoms with E-state index in [1.54, 1.807) is 6.92 Å². The van der Waals surface area contributed by atoms with E-state index in [9.17, 15) is 0 Å². The van der Waals surface area contributed by atoms with Crippen LogP contribution in [0.15, 0.2) is 30.3 Å².